The van der Waals surface area contributed by atoms with E-state index in [2.05, 4.69) is 9.72 Å². The number of rotatable bonds is 2. The van der Waals surface area contributed by atoms with Gasteiger partial charge in [0.15, 0.2) is 5.69 Å². The van der Waals surface area contributed by atoms with Crippen molar-refractivity contribution in [1.29, 1.82) is 0 Å². The van der Waals surface area contributed by atoms with Crippen LogP contribution in [-0.2, 0) is 4.74 Å². The molecule has 0 amide bonds. The highest BCUT2D eigenvalue weighted by molar-refractivity contribution is 6.38. The number of methoxy groups -OCH3 is 1. The Morgan fingerprint density at radius 2 is 1.90 bits per heavy atom. The number of aromatic nitrogens is 1. The lowest BCUT2D eigenvalue weighted by molar-refractivity contribution is 0.0594. The molecule has 110 valence electrons. The molecule has 0 spiro atoms. The lowest BCUT2D eigenvalue weighted by atomic mass is 10.1. The summed E-state index contributed by atoms with van der Waals surface area (Å²) in [7, 11) is 1.24. The minimum absolute atomic E-state index is 0.0485. The second kappa shape index (κ2) is 6.10. The summed E-state index contributed by atoms with van der Waals surface area (Å²) in [5.74, 6) is -0.671. The predicted molar refractivity (Wildman–Crippen MR) is 85.2 cm³/mol. The van der Waals surface area contributed by atoms with Crippen molar-refractivity contribution in [1.82, 2.24) is 4.98 Å². The van der Waals surface area contributed by atoms with Gasteiger partial charge in [-0.15, -0.1) is 0 Å². The number of halogens is 3. The standard InChI is InChI=1S/C14H11Cl3N2O2/c1-6-8(15)4-3-7(11(6)16)10-5-9(18)12(17)13(19-10)14(20)21-2/h3-5H,1-2H3,(H2,18,19). The summed E-state index contributed by atoms with van der Waals surface area (Å²) >= 11 is 18.3. The van der Waals surface area contributed by atoms with Gasteiger partial charge in [0.05, 0.1) is 28.5 Å². The molecule has 0 saturated carbocycles. The van der Waals surface area contributed by atoms with Crippen molar-refractivity contribution in [3.05, 3.63) is 44.5 Å². The first-order valence-electron chi connectivity index (χ1n) is 5.86. The fourth-order valence-corrected chi connectivity index (χ4v) is 2.42. The second-order valence-electron chi connectivity index (χ2n) is 4.28. The second-order valence-corrected chi connectivity index (χ2v) is 5.45. The predicted octanol–water partition coefficient (Wildman–Crippen LogP) is 4.39. The molecule has 0 radical (unpaired) electrons. The minimum Gasteiger partial charge on any atom is -0.464 e. The molecule has 0 saturated heterocycles. The average Bonchev–Trinajstić information content (AvgIpc) is 2.47. The van der Waals surface area contributed by atoms with Crippen LogP contribution in [0.5, 0.6) is 0 Å². The third-order valence-electron chi connectivity index (χ3n) is 2.96. The first kappa shape index (κ1) is 15.9. The van der Waals surface area contributed by atoms with Crippen LogP contribution in [0.15, 0.2) is 18.2 Å². The molecule has 0 fully saturated rings. The zero-order chi connectivity index (χ0) is 15.7. The Hall–Kier alpha value is -1.49. The van der Waals surface area contributed by atoms with Gasteiger partial charge in [-0.2, -0.15) is 0 Å². The number of anilines is 1. The fourth-order valence-electron chi connectivity index (χ4n) is 1.78. The number of esters is 1. The molecule has 7 heteroatoms. The molecule has 1 aromatic carbocycles. The average molecular weight is 346 g/mol. The highest BCUT2D eigenvalue weighted by atomic mass is 35.5. The molecule has 2 aromatic rings. The van der Waals surface area contributed by atoms with E-state index < -0.39 is 5.97 Å². The maximum Gasteiger partial charge on any atom is 0.358 e. The van der Waals surface area contributed by atoms with Crippen molar-refractivity contribution in [3.63, 3.8) is 0 Å². The summed E-state index contributed by atoms with van der Waals surface area (Å²) in [4.78, 5) is 15.9. The summed E-state index contributed by atoms with van der Waals surface area (Å²) in [6.07, 6.45) is 0. The molecule has 1 heterocycles. The number of ether oxygens (including phenoxy) is 1. The molecule has 2 rings (SSSR count). The summed E-state index contributed by atoms with van der Waals surface area (Å²) in [5, 5.41) is 1.03. The van der Waals surface area contributed by atoms with Crippen LogP contribution >= 0.6 is 34.8 Å². The molecular weight excluding hydrogens is 335 g/mol. The van der Waals surface area contributed by atoms with E-state index in [0.29, 0.717) is 26.9 Å². The highest BCUT2D eigenvalue weighted by Crippen LogP contribution is 2.36. The summed E-state index contributed by atoms with van der Waals surface area (Å²) in [6, 6.07) is 4.94. The minimum atomic E-state index is -0.671. The molecule has 0 aliphatic heterocycles. The summed E-state index contributed by atoms with van der Waals surface area (Å²) in [6.45, 7) is 1.79. The number of hydrogen-bond donors (Lipinski definition) is 1. The van der Waals surface area contributed by atoms with E-state index in [-0.39, 0.29) is 16.4 Å². The Morgan fingerprint density at radius 1 is 1.24 bits per heavy atom. The Kier molecular flexibility index (Phi) is 4.61. The molecule has 1 aromatic heterocycles. The third kappa shape index (κ3) is 2.93. The molecule has 4 nitrogen and oxygen atoms in total. The van der Waals surface area contributed by atoms with Crippen molar-refractivity contribution in [3.8, 4) is 11.3 Å². The zero-order valence-electron chi connectivity index (χ0n) is 11.2. The first-order valence-corrected chi connectivity index (χ1v) is 6.99. The molecule has 0 bridgehead atoms. The maximum absolute atomic E-state index is 11.7. The monoisotopic (exact) mass is 344 g/mol. The molecule has 2 N–H and O–H groups in total. The van der Waals surface area contributed by atoms with Gasteiger partial charge in [0, 0.05) is 10.6 Å². The van der Waals surface area contributed by atoms with Gasteiger partial charge < -0.3 is 10.5 Å². The third-order valence-corrected chi connectivity index (χ3v) is 4.25. The normalized spacial score (nSPS) is 10.5. The molecule has 0 aliphatic carbocycles. The highest BCUT2D eigenvalue weighted by Gasteiger charge is 2.19. The van der Waals surface area contributed by atoms with E-state index in [1.807, 2.05) is 0 Å². The molecule has 0 unspecified atom stereocenters. The van der Waals surface area contributed by atoms with E-state index >= 15 is 0 Å². The SMILES string of the molecule is COC(=O)c1nc(-c2ccc(Cl)c(C)c2Cl)cc(N)c1Cl. The number of carbonyl (C=O) groups excluding carboxylic acids is 1. The van der Waals surface area contributed by atoms with Crippen LogP contribution in [0.1, 0.15) is 16.1 Å². The van der Waals surface area contributed by atoms with Crippen LogP contribution in [0, 0.1) is 6.92 Å². The van der Waals surface area contributed by atoms with Crippen LogP contribution in [-0.4, -0.2) is 18.1 Å². The van der Waals surface area contributed by atoms with E-state index in [1.54, 1.807) is 25.1 Å². The van der Waals surface area contributed by atoms with Gasteiger partial charge in [0.25, 0.3) is 0 Å². The van der Waals surface area contributed by atoms with Crippen molar-refractivity contribution < 1.29 is 9.53 Å². The van der Waals surface area contributed by atoms with Gasteiger partial charge in [0.1, 0.15) is 0 Å². The maximum atomic E-state index is 11.7. The Morgan fingerprint density at radius 3 is 2.52 bits per heavy atom. The number of benzene rings is 1. The summed E-state index contributed by atoms with van der Waals surface area (Å²) < 4.78 is 4.64. The topological polar surface area (TPSA) is 65.2 Å². The number of nitrogens with two attached hydrogens (primary N) is 1. The van der Waals surface area contributed by atoms with E-state index in [0.717, 1.165) is 0 Å². The van der Waals surface area contributed by atoms with Gasteiger partial charge in [-0.05, 0) is 30.7 Å². The summed E-state index contributed by atoms with van der Waals surface area (Å²) in [5.41, 5.74) is 7.71. The fraction of sp³-hybridized carbons (Fsp3) is 0.143. The van der Waals surface area contributed by atoms with Crippen molar-refractivity contribution >= 4 is 46.5 Å². The molecule has 0 atom stereocenters. The Bertz CT molecular complexity index is 733. The number of pyridine rings is 1. The largest absolute Gasteiger partial charge is 0.464 e. The van der Waals surface area contributed by atoms with Gasteiger partial charge in [-0.25, -0.2) is 9.78 Å². The van der Waals surface area contributed by atoms with Crippen molar-refractivity contribution in [2.24, 2.45) is 0 Å². The van der Waals surface area contributed by atoms with Crippen LogP contribution in [0.3, 0.4) is 0 Å². The number of hydrogen-bond acceptors (Lipinski definition) is 4. The van der Waals surface area contributed by atoms with Gasteiger partial charge in [-0.1, -0.05) is 34.8 Å². The van der Waals surface area contributed by atoms with Crippen LogP contribution in [0.25, 0.3) is 11.3 Å². The van der Waals surface area contributed by atoms with E-state index in [4.69, 9.17) is 40.5 Å². The molecule has 21 heavy (non-hydrogen) atoms. The number of carbonyl (C=O) groups is 1. The first-order chi connectivity index (χ1) is 9.86. The Balaban J connectivity index is 2.68. The lowest BCUT2D eigenvalue weighted by Gasteiger charge is -2.11. The van der Waals surface area contributed by atoms with Crippen molar-refractivity contribution in [2.75, 3.05) is 12.8 Å². The van der Waals surface area contributed by atoms with Gasteiger partial charge >= 0.3 is 5.97 Å². The van der Waals surface area contributed by atoms with Crippen LogP contribution < -0.4 is 5.73 Å². The van der Waals surface area contributed by atoms with E-state index in [9.17, 15) is 4.79 Å². The number of nitrogen functional groups attached to an aromatic ring is 1. The molecular formula is C14H11Cl3N2O2. The van der Waals surface area contributed by atoms with Crippen molar-refractivity contribution in [2.45, 2.75) is 6.92 Å². The van der Waals surface area contributed by atoms with Crippen LogP contribution in [0.4, 0.5) is 5.69 Å². The van der Waals surface area contributed by atoms with E-state index in [1.165, 1.54) is 7.11 Å². The zero-order valence-corrected chi connectivity index (χ0v) is 13.5. The lowest BCUT2D eigenvalue weighted by Crippen LogP contribution is -2.08. The smallest absolute Gasteiger partial charge is 0.358 e. The number of nitrogens with zero attached hydrogens (tertiary/aromatic N) is 1. The Labute approximate surface area is 136 Å². The van der Waals surface area contributed by atoms with Crippen LogP contribution in [0.2, 0.25) is 15.1 Å². The molecule has 0 aliphatic rings. The quantitative estimate of drug-likeness (QED) is 0.820. The van der Waals surface area contributed by atoms with Gasteiger partial charge in [0.2, 0.25) is 0 Å². The van der Waals surface area contributed by atoms with Gasteiger partial charge in [-0.3, -0.25) is 0 Å².